The van der Waals surface area contributed by atoms with Gasteiger partial charge in [0.1, 0.15) is 0 Å². The molecule has 0 aliphatic heterocycles. The van der Waals surface area contributed by atoms with Crippen LogP contribution in [0.5, 0.6) is 0 Å². The van der Waals surface area contributed by atoms with Crippen molar-refractivity contribution in [3.63, 3.8) is 0 Å². The van der Waals surface area contributed by atoms with E-state index >= 15 is 0 Å². The number of carboxylic acid groups (broad SMARTS) is 1. The van der Waals surface area contributed by atoms with Gasteiger partial charge in [-0.3, -0.25) is 9.78 Å². The van der Waals surface area contributed by atoms with E-state index in [4.69, 9.17) is 9.90 Å². The summed E-state index contributed by atoms with van der Waals surface area (Å²) in [7, 11) is 0. The third-order valence-electron chi connectivity index (χ3n) is 1.51. The summed E-state index contributed by atoms with van der Waals surface area (Å²) in [5, 5.41) is 8.62. The Morgan fingerprint density at radius 2 is 1.73 bits per heavy atom. The van der Waals surface area contributed by atoms with Crippen molar-refractivity contribution in [1.82, 2.24) is 4.98 Å². The number of carboxylic acids is 1. The predicted molar refractivity (Wildman–Crippen MR) is 55.1 cm³/mol. The average Bonchev–Trinajstić information content (AvgIpc) is 2.17. The molecule has 0 aliphatic rings. The van der Waals surface area contributed by atoms with Gasteiger partial charge >= 0.3 is 0 Å². The number of benzene rings is 1. The van der Waals surface area contributed by atoms with E-state index in [0.717, 1.165) is 12.4 Å². The number of hydrogen-bond acceptors (Lipinski definition) is 2. The van der Waals surface area contributed by atoms with Crippen molar-refractivity contribution in [3.05, 3.63) is 42.6 Å². The Balaban J connectivity index is 0.000000346. The first-order valence-corrected chi connectivity index (χ1v) is 4.19. The van der Waals surface area contributed by atoms with Gasteiger partial charge in [0.15, 0.2) is 0 Å². The third-order valence-corrected chi connectivity index (χ3v) is 1.51. The van der Waals surface area contributed by atoms with E-state index in [2.05, 4.69) is 17.1 Å². The average molecular weight is 248 g/mol. The number of fused-ring (bicyclic) bond motifs is 1. The molecule has 15 heavy (non-hydrogen) atoms. The summed E-state index contributed by atoms with van der Waals surface area (Å²) in [6, 6.07) is 12.1. The number of nitrogens with zero attached hydrogens (tertiary/aromatic N) is 1. The van der Waals surface area contributed by atoms with Crippen molar-refractivity contribution in [3.8, 4) is 0 Å². The number of pyridine rings is 1. The molecule has 1 aromatic carbocycles. The van der Waals surface area contributed by atoms with Gasteiger partial charge in [-0.15, -0.1) is 0 Å². The Kier molecular flexibility index (Phi) is 6.32. The van der Waals surface area contributed by atoms with Crippen molar-refractivity contribution >= 4 is 16.9 Å². The first-order valence-electron chi connectivity index (χ1n) is 4.19. The molecule has 1 radical (unpaired) electrons. The molecule has 1 aromatic heterocycles. The van der Waals surface area contributed by atoms with Gasteiger partial charge in [0.25, 0.3) is 5.97 Å². The topological polar surface area (TPSA) is 50.2 Å². The quantitative estimate of drug-likeness (QED) is 0.778. The molecule has 0 unspecified atom stereocenters. The molecule has 2 aromatic rings. The fourth-order valence-electron chi connectivity index (χ4n) is 1.02. The zero-order valence-electron chi connectivity index (χ0n) is 8.18. The predicted octanol–water partition coefficient (Wildman–Crippen LogP) is 2.32. The van der Waals surface area contributed by atoms with Crippen LogP contribution >= 0.6 is 0 Å². The molecule has 2 rings (SSSR count). The fraction of sp³-hybridized carbons (Fsp3) is 0.0909. The molecular weight excluding hydrogens is 237 g/mol. The van der Waals surface area contributed by atoms with Crippen LogP contribution in [0.15, 0.2) is 42.6 Å². The largest absolute Gasteiger partial charge is 0.481 e. The standard InChI is InChI=1S/C9H7N.C2H4O2.Co/c1-2-6-9-8(4-1)5-3-7-10-9;1-2(3)4;/h1-7H;1H3,(H,3,4);. The molecule has 1 heterocycles. The van der Waals surface area contributed by atoms with Crippen molar-refractivity contribution in [1.29, 1.82) is 0 Å². The maximum Gasteiger partial charge on any atom is 0.300 e. The van der Waals surface area contributed by atoms with E-state index in [-0.39, 0.29) is 16.8 Å². The van der Waals surface area contributed by atoms with Crippen LogP contribution in [-0.4, -0.2) is 16.1 Å². The summed E-state index contributed by atoms with van der Waals surface area (Å²) >= 11 is 0. The monoisotopic (exact) mass is 248 g/mol. The van der Waals surface area contributed by atoms with E-state index in [1.54, 1.807) is 0 Å². The number of aliphatic carboxylic acids is 1. The Hall–Kier alpha value is -1.39. The summed E-state index contributed by atoms with van der Waals surface area (Å²) in [6.07, 6.45) is 1.81. The van der Waals surface area contributed by atoms with E-state index in [1.165, 1.54) is 5.39 Å². The van der Waals surface area contributed by atoms with Crippen LogP contribution in [0.2, 0.25) is 0 Å². The molecule has 1 N–H and O–H groups in total. The summed E-state index contributed by atoms with van der Waals surface area (Å²) in [5.41, 5.74) is 1.06. The number of aromatic nitrogens is 1. The zero-order chi connectivity index (χ0) is 10.4. The van der Waals surface area contributed by atoms with E-state index in [9.17, 15) is 0 Å². The van der Waals surface area contributed by atoms with Crippen LogP contribution in [0, 0.1) is 0 Å². The second-order valence-electron chi connectivity index (χ2n) is 2.72. The maximum absolute atomic E-state index is 9.00. The van der Waals surface area contributed by atoms with Crippen LogP contribution in [0.1, 0.15) is 6.92 Å². The van der Waals surface area contributed by atoms with Crippen LogP contribution in [-0.2, 0) is 21.6 Å². The van der Waals surface area contributed by atoms with Crippen molar-refractivity contribution < 1.29 is 26.7 Å². The van der Waals surface area contributed by atoms with Crippen LogP contribution in [0.3, 0.4) is 0 Å². The zero-order valence-corrected chi connectivity index (χ0v) is 9.22. The van der Waals surface area contributed by atoms with Crippen molar-refractivity contribution in [2.45, 2.75) is 6.92 Å². The molecule has 0 bridgehead atoms. The van der Waals surface area contributed by atoms with Gasteiger partial charge in [0.2, 0.25) is 0 Å². The molecule has 0 atom stereocenters. The Bertz CT molecular complexity index is 362. The molecule has 0 saturated carbocycles. The Morgan fingerprint density at radius 3 is 2.33 bits per heavy atom. The normalized spacial score (nSPS) is 8.33. The van der Waals surface area contributed by atoms with E-state index in [1.807, 2.05) is 30.5 Å². The van der Waals surface area contributed by atoms with Gasteiger partial charge in [0, 0.05) is 35.3 Å². The molecule has 0 spiro atoms. The molecule has 0 saturated heterocycles. The van der Waals surface area contributed by atoms with E-state index < -0.39 is 5.97 Å². The van der Waals surface area contributed by atoms with Crippen molar-refractivity contribution in [2.75, 3.05) is 0 Å². The summed E-state index contributed by atoms with van der Waals surface area (Å²) in [5.74, 6) is -0.833. The van der Waals surface area contributed by atoms with Crippen LogP contribution in [0.4, 0.5) is 0 Å². The molecule has 0 amide bonds. The van der Waals surface area contributed by atoms with Crippen molar-refractivity contribution in [2.24, 2.45) is 0 Å². The van der Waals surface area contributed by atoms with Gasteiger partial charge < -0.3 is 5.11 Å². The van der Waals surface area contributed by atoms with Gasteiger partial charge in [0.05, 0.1) is 5.52 Å². The van der Waals surface area contributed by atoms with E-state index in [0.29, 0.717) is 0 Å². The van der Waals surface area contributed by atoms with Crippen LogP contribution < -0.4 is 0 Å². The molecule has 4 heteroatoms. The fourth-order valence-corrected chi connectivity index (χ4v) is 1.02. The number of rotatable bonds is 0. The molecule has 3 nitrogen and oxygen atoms in total. The summed E-state index contributed by atoms with van der Waals surface area (Å²) in [4.78, 5) is 13.2. The maximum atomic E-state index is 9.00. The number of carbonyl (C=O) groups is 1. The number of para-hydroxylation sites is 1. The molecular formula is C11H11CoNO2. The van der Waals surface area contributed by atoms with Gasteiger partial charge in [-0.05, 0) is 12.1 Å². The van der Waals surface area contributed by atoms with Gasteiger partial charge in [-0.25, -0.2) is 0 Å². The SMILES string of the molecule is CC(=O)O.[Co].c1ccc2ncccc2c1. The minimum Gasteiger partial charge on any atom is -0.481 e. The second kappa shape index (κ2) is 6.97. The molecule has 0 fully saturated rings. The number of hydrogen-bond donors (Lipinski definition) is 1. The molecule has 81 valence electrons. The minimum absolute atomic E-state index is 0. The van der Waals surface area contributed by atoms with Gasteiger partial charge in [-0.1, -0.05) is 24.3 Å². The third kappa shape index (κ3) is 5.14. The first-order chi connectivity index (χ1) is 6.70. The summed E-state index contributed by atoms with van der Waals surface area (Å²) in [6.45, 7) is 1.08. The van der Waals surface area contributed by atoms with Crippen LogP contribution in [0.25, 0.3) is 10.9 Å². The smallest absolute Gasteiger partial charge is 0.300 e. The second-order valence-corrected chi connectivity index (χ2v) is 2.72. The minimum atomic E-state index is -0.833. The first kappa shape index (κ1) is 13.6. The molecule has 0 aliphatic carbocycles. The Labute approximate surface area is 98.3 Å². The Morgan fingerprint density at radius 1 is 1.20 bits per heavy atom. The van der Waals surface area contributed by atoms with Gasteiger partial charge in [-0.2, -0.15) is 0 Å². The summed E-state index contributed by atoms with van der Waals surface area (Å²) < 4.78 is 0.